The Balaban J connectivity index is 1.84. The minimum absolute atomic E-state index is 0.195. The van der Waals surface area contributed by atoms with E-state index < -0.39 is 0 Å². The molecule has 2 aromatic heterocycles. The predicted octanol–water partition coefficient (Wildman–Crippen LogP) is 2.60. The van der Waals surface area contributed by atoms with Crippen LogP contribution in [0.4, 0.5) is 0 Å². The van der Waals surface area contributed by atoms with Gasteiger partial charge in [0.25, 0.3) is 0 Å². The molecule has 0 aliphatic heterocycles. The van der Waals surface area contributed by atoms with E-state index in [2.05, 4.69) is 22.0 Å². The van der Waals surface area contributed by atoms with Gasteiger partial charge in [0.1, 0.15) is 5.78 Å². The zero-order valence-electron chi connectivity index (χ0n) is 10.7. The fourth-order valence-electron chi connectivity index (χ4n) is 2.58. The summed E-state index contributed by atoms with van der Waals surface area (Å²) in [7, 11) is 0. The van der Waals surface area contributed by atoms with Crippen molar-refractivity contribution < 1.29 is 9.32 Å². The van der Waals surface area contributed by atoms with Gasteiger partial charge >= 0.3 is 0 Å². The van der Waals surface area contributed by atoms with Gasteiger partial charge in [-0.1, -0.05) is 12.1 Å². The maximum absolute atomic E-state index is 11.4. The van der Waals surface area contributed by atoms with Gasteiger partial charge in [-0.15, -0.1) is 0 Å². The number of hydrogen-bond donors (Lipinski definition) is 0. The molecule has 0 unspecified atom stereocenters. The molecule has 2 atom stereocenters. The van der Waals surface area contributed by atoms with E-state index in [9.17, 15) is 4.79 Å². The van der Waals surface area contributed by atoms with Crippen LogP contribution in [-0.2, 0) is 4.79 Å². The van der Waals surface area contributed by atoms with Crippen LogP contribution < -0.4 is 0 Å². The Morgan fingerprint density at radius 3 is 2.84 bits per heavy atom. The van der Waals surface area contributed by atoms with Crippen molar-refractivity contribution in [2.24, 2.45) is 5.92 Å². The summed E-state index contributed by atoms with van der Waals surface area (Å²) in [6, 6.07) is 3.70. The molecule has 0 radical (unpaired) electrons. The standard InChI is InChI=1S/C14H15N3O2/c1-9-8-11(18)2-3-12(9)14-16-13(17-19-14)10-4-6-15-7-5-10/h4-7,9,12H,2-3,8H2,1H3/t9-,12+/m0/s1. The highest BCUT2D eigenvalue weighted by Crippen LogP contribution is 2.35. The van der Waals surface area contributed by atoms with Crippen molar-refractivity contribution in [2.75, 3.05) is 0 Å². The lowest BCUT2D eigenvalue weighted by molar-refractivity contribution is -0.121. The molecular weight excluding hydrogens is 242 g/mol. The molecule has 2 heterocycles. The van der Waals surface area contributed by atoms with Gasteiger partial charge in [-0.3, -0.25) is 9.78 Å². The van der Waals surface area contributed by atoms with Gasteiger partial charge in [-0.25, -0.2) is 0 Å². The summed E-state index contributed by atoms with van der Waals surface area (Å²) in [5.74, 6) is 2.03. The predicted molar refractivity (Wildman–Crippen MR) is 68.3 cm³/mol. The molecule has 2 aromatic rings. The number of Topliss-reactive ketones (excluding diaryl/α,β-unsaturated/α-hetero) is 1. The van der Waals surface area contributed by atoms with Gasteiger partial charge < -0.3 is 4.52 Å². The van der Waals surface area contributed by atoms with Crippen molar-refractivity contribution in [3.63, 3.8) is 0 Å². The minimum Gasteiger partial charge on any atom is -0.339 e. The SMILES string of the molecule is C[C@H]1CC(=O)CC[C@H]1c1nc(-c2ccncc2)no1. The summed E-state index contributed by atoms with van der Waals surface area (Å²) in [6.45, 7) is 2.07. The largest absolute Gasteiger partial charge is 0.339 e. The van der Waals surface area contributed by atoms with Gasteiger partial charge in [-0.2, -0.15) is 4.98 Å². The number of rotatable bonds is 2. The monoisotopic (exact) mass is 257 g/mol. The lowest BCUT2D eigenvalue weighted by Gasteiger charge is -2.24. The number of hydrogen-bond acceptors (Lipinski definition) is 5. The summed E-state index contributed by atoms with van der Waals surface area (Å²) in [4.78, 5) is 19.8. The van der Waals surface area contributed by atoms with Crippen LogP contribution in [0.2, 0.25) is 0 Å². The number of carbonyl (C=O) groups excluding carboxylic acids is 1. The summed E-state index contributed by atoms with van der Waals surface area (Å²) < 4.78 is 5.37. The van der Waals surface area contributed by atoms with E-state index in [0.717, 1.165) is 12.0 Å². The van der Waals surface area contributed by atoms with E-state index in [0.29, 0.717) is 30.3 Å². The van der Waals surface area contributed by atoms with E-state index >= 15 is 0 Å². The van der Waals surface area contributed by atoms with Gasteiger partial charge in [0.15, 0.2) is 0 Å². The van der Waals surface area contributed by atoms with Crippen LogP contribution in [0.25, 0.3) is 11.4 Å². The highest BCUT2D eigenvalue weighted by molar-refractivity contribution is 5.79. The molecule has 1 aliphatic carbocycles. The second-order valence-electron chi connectivity index (χ2n) is 5.06. The molecule has 0 amide bonds. The lowest BCUT2D eigenvalue weighted by Crippen LogP contribution is -2.21. The maximum Gasteiger partial charge on any atom is 0.230 e. The molecule has 0 saturated heterocycles. The molecular formula is C14H15N3O2. The fraction of sp³-hybridized carbons (Fsp3) is 0.429. The molecule has 1 aliphatic rings. The van der Waals surface area contributed by atoms with Gasteiger partial charge in [0.2, 0.25) is 11.7 Å². The third kappa shape index (κ3) is 2.41. The third-order valence-electron chi connectivity index (χ3n) is 3.67. The van der Waals surface area contributed by atoms with Crippen molar-refractivity contribution in [3.8, 4) is 11.4 Å². The lowest BCUT2D eigenvalue weighted by atomic mass is 9.80. The van der Waals surface area contributed by atoms with E-state index in [1.165, 1.54) is 0 Å². The van der Waals surface area contributed by atoms with E-state index in [1.54, 1.807) is 12.4 Å². The number of pyridine rings is 1. The van der Waals surface area contributed by atoms with E-state index in [-0.39, 0.29) is 11.8 Å². The first-order valence-electron chi connectivity index (χ1n) is 6.50. The van der Waals surface area contributed by atoms with Crippen LogP contribution in [0.15, 0.2) is 29.0 Å². The van der Waals surface area contributed by atoms with Gasteiger partial charge in [-0.05, 0) is 24.5 Å². The first kappa shape index (κ1) is 12.0. The molecule has 0 spiro atoms. The molecule has 0 bridgehead atoms. The number of nitrogens with zero attached hydrogens (tertiary/aromatic N) is 3. The Morgan fingerprint density at radius 2 is 2.11 bits per heavy atom. The molecule has 19 heavy (non-hydrogen) atoms. The molecule has 1 fully saturated rings. The topological polar surface area (TPSA) is 68.9 Å². The van der Waals surface area contributed by atoms with Crippen LogP contribution in [-0.4, -0.2) is 20.9 Å². The zero-order valence-corrected chi connectivity index (χ0v) is 10.7. The quantitative estimate of drug-likeness (QED) is 0.827. The normalized spacial score (nSPS) is 23.5. The molecule has 98 valence electrons. The van der Waals surface area contributed by atoms with Crippen LogP contribution in [0.5, 0.6) is 0 Å². The van der Waals surface area contributed by atoms with E-state index in [4.69, 9.17) is 4.52 Å². The van der Waals surface area contributed by atoms with Crippen molar-refractivity contribution in [3.05, 3.63) is 30.4 Å². The number of aromatic nitrogens is 3. The summed E-state index contributed by atoms with van der Waals surface area (Å²) in [5.41, 5.74) is 0.893. The molecule has 0 N–H and O–H groups in total. The molecule has 3 rings (SSSR count). The third-order valence-corrected chi connectivity index (χ3v) is 3.67. The highest BCUT2D eigenvalue weighted by Gasteiger charge is 2.31. The fourth-order valence-corrected chi connectivity index (χ4v) is 2.58. The molecule has 5 heteroatoms. The summed E-state index contributed by atoms with van der Waals surface area (Å²) in [5, 5.41) is 4.02. The van der Waals surface area contributed by atoms with Crippen molar-refractivity contribution in [2.45, 2.75) is 32.1 Å². The maximum atomic E-state index is 11.4. The Hall–Kier alpha value is -2.04. The van der Waals surface area contributed by atoms with Gasteiger partial charge in [0.05, 0.1) is 0 Å². The van der Waals surface area contributed by atoms with Crippen LogP contribution in [0, 0.1) is 5.92 Å². The Kier molecular flexibility index (Phi) is 3.11. The highest BCUT2D eigenvalue weighted by atomic mass is 16.5. The average Bonchev–Trinajstić information content (AvgIpc) is 2.89. The first-order chi connectivity index (χ1) is 9.24. The average molecular weight is 257 g/mol. The van der Waals surface area contributed by atoms with Crippen molar-refractivity contribution in [1.82, 2.24) is 15.1 Å². The second-order valence-corrected chi connectivity index (χ2v) is 5.06. The number of carbonyl (C=O) groups is 1. The second kappa shape index (κ2) is 4.91. The van der Waals surface area contributed by atoms with Crippen molar-refractivity contribution in [1.29, 1.82) is 0 Å². The molecule has 5 nitrogen and oxygen atoms in total. The van der Waals surface area contributed by atoms with Crippen molar-refractivity contribution >= 4 is 5.78 Å². The summed E-state index contributed by atoms with van der Waals surface area (Å²) in [6.07, 6.45) is 5.43. The van der Waals surface area contributed by atoms with Crippen LogP contribution in [0.3, 0.4) is 0 Å². The summed E-state index contributed by atoms with van der Waals surface area (Å²) >= 11 is 0. The Morgan fingerprint density at radius 1 is 1.32 bits per heavy atom. The van der Waals surface area contributed by atoms with E-state index in [1.807, 2.05) is 12.1 Å². The minimum atomic E-state index is 0.195. The molecule has 0 aromatic carbocycles. The van der Waals surface area contributed by atoms with Crippen LogP contribution in [0.1, 0.15) is 38.0 Å². The Labute approximate surface area is 111 Å². The van der Waals surface area contributed by atoms with Crippen LogP contribution >= 0.6 is 0 Å². The molecule has 1 saturated carbocycles. The Bertz CT molecular complexity index is 579. The van der Waals surface area contributed by atoms with Gasteiger partial charge in [0, 0.05) is 36.7 Å². The number of ketones is 1. The zero-order chi connectivity index (χ0) is 13.2. The first-order valence-corrected chi connectivity index (χ1v) is 6.50. The smallest absolute Gasteiger partial charge is 0.230 e.